The van der Waals surface area contributed by atoms with Gasteiger partial charge in [-0.2, -0.15) is 0 Å². The Bertz CT molecular complexity index is 456. The maximum Gasteiger partial charge on any atom is 0.319 e. The lowest BCUT2D eigenvalue weighted by molar-refractivity contribution is 0.239. The summed E-state index contributed by atoms with van der Waals surface area (Å²) in [5.41, 5.74) is 1.92. The van der Waals surface area contributed by atoms with Crippen LogP contribution in [0.3, 0.4) is 0 Å². The SMILES string of the molecule is CC1=C(I)C(c2ccc(Cl)cc2)NC(=O)N1. The number of carbonyl (C=O) groups excluding carboxylic acids is 1. The van der Waals surface area contributed by atoms with Crippen LogP contribution in [0.25, 0.3) is 0 Å². The van der Waals surface area contributed by atoms with Gasteiger partial charge in [-0.25, -0.2) is 4.79 Å². The van der Waals surface area contributed by atoms with Crippen LogP contribution < -0.4 is 10.6 Å². The Morgan fingerprint density at radius 2 is 1.94 bits per heavy atom. The second kappa shape index (κ2) is 4.63. The normalized spacial score (nSPS) is 20.4. The van der Waals surface area contributed by atoms with Crippen molar-refractivity contribution >= 4 is 40.2 Å². The van der Waals surface area contributed by atoms with Crippen molar-refractivity contribution in [1.29, 1.82) is 0 Å². The fourth-order valence-electron chi connectivity index (χ4n) is 1.56. The van der Waals surface area contributed by atoms with Crippen LogP contribution in [0.5, 0.6) is 0 Å². The zero-order chi connectivity index (χ0) is 11.7. The van der Waals surface area contributed by atoms with Gasteiger partial charge in [0.2, 0.25) is 0 Å². The van der Waals surface area contributed by atoms with Gasteiger partial charge in [-0.1, -0.05) is 23.7 Å². The van der Waals surface area contributed by atoms with E-state index in [2.05, 4.69) is 33.2 Å². The lowest BCUT2D eigenvalue weighted by Gasteiger charge is -2.26. The molecule has 1 unspecified atom stereocenters. The maximum atomic E-state index is 11.4. The molecule has 2 N–H and O–H groups in total. The Hall–Kier alpha value is -0.750. The molecule has 1 aromatic carbocycles. The Morgan fingerprint density at radius 1 is 1.31 bits per heavy atom. The summed E-state index contributed by atoms with van der Waals surface area (Å²) in [7, 11) is 0. The molecule has 0 aromatic heterocycles. The van der Waals surface area contributed by atoms with Crippen molar-refractivity contribution in [2.75, 3.05) is 0 Å². The highest BCUT2D eigenvalue weighted by Gasteiger charge is 2.24. The van der Waals surface area contributed by atoms with Gasteiger partial charge >= 0.3 is 6.03 Å². The first-order valence-corrected chi connectivity index (χ1v) is 6.23. The van der Waals surface area contributed by atoms with Gasteiger partial charge in [-0.3, -0.25) is 0 Å². The highest BCUT2D eigenvalue weighted by molar-refractivity contribution is 14.1. The highest BCUT2D eigenvalue weighted by Crippen LogP contribution is 2.31. The monoisotopic (exact) mass is 348 g/mol. The van der Waals surface area contributed by atoms with E-state index >= 15 is 0 Å². The largest absolute Gasteiger partial charge is 0.326 e. The molecule has 84 valence electrons. The van der Waals surface area contributed by atoms with Gasteiger partial charge in [0.05, 0.1) is 6.04 Å². The van der Waals surface area contributed by atoms with Gasteiger partial charge in [-0.05, 0) is 47.2 Å². The molecule has 5 heteroatoms. The van der Waals surface area contributed by atoms with Crippen LogP contribution in [-0.2, 0) is 0 Å². The van der Waals surface area contributed by atoms with Crippen LogP contribution >= 0.6 is 34.2 Å². The first-order valence-electron chi connectivity index (χ1n) is 4.77. The molecule has 0 radical (unpaired) electrons. The van der Waals surface area contributed by atoms with E-state index in [-0.39, 0.29) is 12.1 Å². The number of halogens is 2. The van der Waals surface area contributed by atoms with Gasteiger partial charge in [0, 0.05) is 14.3 Å². The van der Waals surface area contributed by atoms with Crippen molar-refractivity contribution in [2.45, 2.75) is 13.0 Å². The summed E-state index contributed by atoms with van der Waals surface area (Å²) in [5, 5.41) is 6.30. The summed E-state index contributed by atoms with van der Waals surface area (Å²) in [6.07, 6.45) is 0. The van der Waals surface area contributed by atoms with Crippen molar-refractivity contribution < 1.29 is 4.79 Å². The molecular weight excluding hydrogens is 338 g/mol. The van der Waals surface area contributed by atoms with E-state index in [9.17, 15) is 4.79 Å². The molecule has 0 bridgehead atoms. The van der Waals surface area contributed by atoms with Gasteiger partial charge < -0.3 is 10.6 Å². The van der Waals surface area contributed by atoms with Crippen LogP contribution in [0.2, 0.25) is 5.02 Å². The molecular formula is C11H10ClIN2O. The number of carbonyl (C=O) groups is 1. The number of nitrogens with one attached hydrogen (secondary N) is 2. The molecule has 2 amide bonds. The summed E-state index contributed by atoms with van der Waals surface area (Å²) >= 11 is 8.07. The first kappa shape index (κ1) is 11.7. The second-order valence-electron chi connectivity index (χ2n) is 3.56. The summed E-state index contributed by atoms with van der Waals surface area (Å²) in [6.45, 7) is 1.89. The quantitative estimate of drug-likeness (QED) is 0.751. The molecule has 0 fully saturated rings. The fourth-order valence-corrected chi connectivity index (χ4v) is 2.34. The highest BCUT2D eigenvalue weighted by atomic mass is 127. The summed E-state index contributed by atoms with van der Waals surface area (Å²) in [4.78, 5) is 11.4. The zero-order valence-electron chi connectivity index (χ0n) is 8.55. The van der Waals surface area contributed by atoms with E-state index in [1.807, 2.05) is 31.2 Å². The smallest absolute Gasteiger partial charge is 0.319 e. The van der Waals surface area contributed by atoms with Gasteiger partial charge in [0.25, 0.3) is 0 Å². The number of urea groups is 1. The Morgan fingerprint density at radius 3 is 2.56 bits per heavy atom. The average molecular weight is 349 g/mol. The summed E-state index contributed by atoms with van der Waals surface area (Å²) < 4.78 is 1.08. The molecule has 1 aromatic rings. The molecule has 1 atom stereocenters. The van der Waals surface area contributed by atoms with E-state index in [0.717, 1.165) is 14.8 Å². The van der Waals surface area contributed by atoms with Crippen molar-refractivity contribution in [2.24, 2.45) is 0 Å². The van der Waals surface area contributed by atoms with Crippen LogP contribution in [0, 0.1) is 0 Å². The molecule has 0 aliphatic carbocycles. The van der Waals surface area contributed by atoms with Gasteiger partial charge in [-0.15, -0.1) is 0 Å². The fraction of sp³-hybridized carbons (Fsp3) is 0.182. The molecule has 0 spiro atoms. The molecule has 1 aliphatic heterocycles. The van der Waals surface area contributed by atoms with Crippen LogP contribution in [-0.4, -0.2) is 6.03 Å². The minimum absolute atomic E-state index is 0.0772. The molecule has 1 aliphatic rings. The van der Waals surface area contributed by atoms with Crippen LogP contribution in [0.4, 0.5) is 4.79 Å². The third-order valence-corrected chi connectivity index (χ3v) is 4.08. The van der Waals surface area contributed by atoms with Gasteiger partial charge in [0.1, 0.15) is 0 Å². The second-order valence-corrected chi connectivity index (χ2v) is 5.15. The molecule has 0 saturated carbocycles. The van der Waals surface area contributed by atoms with E-state index in [0.29, 0.717) is 5.02 Å². The van der Waals surface area contributed by atoms with Crippen LogP contribution in [0.1, 0.15) is 18.5 Å². The number of hydrogen-bond acceptors (Lipinski definition) is 1. The molecule has 16 heavy (non-hydrogen) atoms. The van der Waals surface area contributed by atoms with Crippen LogP contribution in [0.15, 0.2) is 33.5 Å². The Labute approximate surface area is 112 Å². The number of allylic oxidation sites excluding steroid dienone is 1. The predicted octanol–water partition coefficient (Wildman–Crippen LogP) is 3.36. The Kier molecular flexibility index (Phi) is 3.39. The number of benzene rings is 1. The zero-order valence-corrected chi connectivity index (χ0v) is 11.5. The lowest BCUT2D eigenvalue weighted by Crippen LogP contribution is -2.42. The standard InChI is InChI=1S/C11H10ClIN2O/c1-6-9(13)10(15-11(16)14-6)7-2-4-8(12)5-3-7/h2-5,10H,1H3,(H2,14,15,16). The minimum atomic E-state index is -0.169. The number of rotatable bonds is 1. The third kappa shape index (κ3) is 2.32. The summed E-state index contributed by atoms with van der Waals surface area (Å²) in [6, 6.07) is 7.24. The van der Waals surface area contributed by atoms with E-state index in [4.69, 9.17) is 11.6 Å². The molecule has 3 nitrogen and oxygen atoms in total. The molecule has 1 heterocycles. The van der Waals surface area contributed by atoms with E-state index in [1.54, 1.807) is 0 Å². The molecule has 0 saturated heterocycles. The average Bonchev–Trinajstić information content (AvgIpc) is 2.25. The van der Waals surface area contributed by atoms with Crippen molar-refractivity contribution in [1.82, 2.24) is 10.6 Å². The lowest BCUT2D eigenvalue weighted by atomic mass is 10.0. The van der Waals surface area contributed by atoms with Crippen molar-refractivity contribution in [3.05, 3.63) is 44.1 Å². The number of amides is 2. The van der Waals surface area contributed by atoms with Crippen molar-refractivity contribution in [3.63, 3.8) is 0 Å². The molecule has 2 rings (SSSR count). The van der Waals surface area contributed by atoms with E-state index in [1.165, 1.54) is 0 Å². The van der Waals surface area contributed by atoms with Crippen molar-refractivity contribution in [3.8, 4) is 0 Å². The Balaban J connectivity index is 2.36. The number of hydrogen-bond donors (Lipinski definition) is 2. The van der Waals surface area contributed by atoms with E-state index < -0.39 is 0 Å². The minimum Gasteiger partial charge on any atom is -0.326 e. The topological polar surface area (TPSA) is 41.1 Å². The maximum absolute atomic E-state index is 11.4. The first-order chi connectivity index (χ1) is 7.58. The third-order valence-electron chi connectivity index (χ3n) is 2.39. The summed E-state index contributed by atoms with van der Waals surface area (Å²) in [5.74, 6) is 0. The van der Waals surface area contributed by atoms with Gasteiger partial charge in [0.15, 0.2) is 0 Å². The predicted molar refractivity (Wildman–Crippen MR) is 72.6 cm³/mol.